The molecule has 102 valence electrons. The van der Waals surface area contributed by atoms with E-state index in [1.807, 2.05) is 13.8 Å². The van der Waals surface area contributed by atoms with Gasteiger partial charge < -0.3 is 14.7 Å². The summed E-state index contributed by atoms with van der Waals surface area (Å²) in [4.78, 5) is 25.3. The topological polar surface area (TPSA) is 66.8 Å². The van der Waals surface area contributed by atoms with Gasteiger partial charge in [-0.2, -0.15) is 0 Å². The van der Waals surface area contributed by atoms with Crippen LogP contribution in [0.25, 0.3) is 0 Å². The van der Waals surface area contributed by atoms with Crippen molar-refractivity contribution in [2.75, 3.05) is 13.2 Å². The first-order valence-corrected chi connectivity index (χ1v) is 6.65. The third-order valence-corrected chi connectivity index (χ3v) is 4.02. The number of piperidine rings is 1. The number of amides is 1. The van der Waals surface area contributed by atoms with E-state index in [0.29, 0.717) is 19.6 Å². The molecular weight excluding hydrogens is 234 g/mol. The number of carbonyl (C=O) groups excluding carboxylic acids is 1. The molecule has 0 aromatic rings. The molecule has 2 aliphatic heterocycles. The molecule has 0 radical (unpaired) electrons. The average molecular weight is 255 g/mol. The summed E-state index contributed by atoms with van der Waals surface area (Å²) in [5.74, 6) is -1.06. The number of ether oxygens (including phenoxy) is 1. The van der Waals surface area contributed by atoms with Crippen molar-refractivity contribution in [2.24, 2.45) is 11.8 Å². The second-order valence-corrected chi connectivity index (χ2v) is 5.51. The Kier molecular flexibility index (Phi) is 3.90. The SMILES string of the molecule is CC1CC(C(=O)N2CCCC(C)C2C(=O)O)CO1. The van der Waals surface area contributed by atoms with Gasteiger partial charge in [0.2, 0.25) is 5.91 Å². The summed E-state index contributed by atoms with van der Waals surface area (Å²) in [6, 6.07) is -0.665. The molecule has 1 amide bonds. The van der Waals surface area contributed by atoms with E-state index in [2.05, 4.69) is 0 Å². The number of hydrogen-bond acceptors (Lipinski definition) is 3. The van der Waals surface area contributed by atoms with Gasteiger partial charge in [0.25, 0.3) is 0 Å². The van der Waals surface area contributed by atoms with Crippen molar-refractivity contribution in [1.82, 2.24) is 4.90 Å². The smallest absolute Gasteiger partial charge is 0.326 e. The first-order valence-electron chi connectivity index (χ1n) is 6.65. The predicted octanol–water partition coefficient (Wildman–Crippen LogP) is 1.12. The number of likely N-dealkylation sites (tertiary alicyclic amines) is 1. The first-order chi connectivity index (χ1) is 8.50. The Balaban J connectivity index is 2.09. The lowest BCUT2D eigenvalue weighted by Crippen LogP contribution is -2.53. The summed E-state index contributed by atoms with van der Waals surface area (Å²) >= 11 is 0. The highest BCUT2D eigenvalue weighted by atomic mass is 16.5. The summed E-state index contributed by atoms with van der Waals surface area (Å²) in [7, 11) is 0. The fraction of sp³-hybridized carbons (Fsp3) is 0.846. The number of hydrogen-bond donors (Lipinski definition) is 1. The van der Waals surface area contributed by atoms with Gasteiger partial charge in [-0.3, -0.25) is 4.79 Å². The molecule has 0 bridgehead atoms. The zero-order chi connectivity index (χ0) is 13.3. The van der Waals surface area contributed by atoms with Crippen molar-refractivity contribution in [2.45, 2.75) is 45.3 Å². The molecule has 2 aliphatic rings. The molecule has 4 atom stereocenters. The zero-order valence-electron chi connectivity index (χ0n) is 11.0. The molecule has 0 aliphatic carbocycles. The van der Waals surface area contributed by atoms with Gasteiger partial charge in [0, 0.05) is 6.54 Å². The van der Waals surface area contributed by atoms with Gasteiger partial charge in [0.05, 0.1) is 18.6 Å². The molecule has 0 saturated carbocycles. The highest BCUT2D eigenvalue weighted by Crippen LogP contribution is 2.28. The summed E-state index contributed by atoms with van der Waals surface area (Å²) in [6.07, 6.45) is 2.57. The van der Waals surface area contributed by atoms with E-state index in [-0.39, 0.29) is 23.8 Å². The average Bonchev–Trinajstić information content (AvgIpc) is 2.74. The number of carbonyl (C=O) groups is 2. The normalized spacial score (nSPS) is 36.7. The standard InChI is InChI=1S/C13H21NO4/c1-8-4-3-5-14(11(8)13(16)17)12(15)10-6-9(2)18-7-10/h8-11H,3-7H2,1-2H3,(H,16,17). The maximum absolute atomic E-state index is 12.4. The van der Waals surface area contributed by atoms with Crippen molar-refractivity contribution < 1.29 is 19.4 Å². The molecule has 2 fully saturated rings. The lowest BCUT2D eigenvalue weighted by atomic mass is 9.89. The minimum Gasteiger partial charge on any atom is -0.480 e. The third kappa shape index (κ3) is 2.51. The van der Waals surface area contributed by atoms with Gasteiger partial charge in [-0.15, -0.1) is 0 Å². The maximum Gasteiger partial charge on any atom is 0.326 e. The van der Waals surface area contributed by atoms with E-state index in [1.165, 1.54) is 0 Å². The lowest BCUT2D eigenvalue weighted by Gasteiger charge is -2.38. The lowest BCUT2D eigenvalue weighted by molar-refractivity contribution is -0.156. The Morgan fingerprint density at radius 3 is 2.61 bits per heavy atom. The summed E-state index contributed by atoms with van der Waals surface area (Å²) in [5.41, 5.74) is 0. The molecule has 0 aromatic heterocycles. The van der Waals surface area contributed by atoms with Crippen LogP contribution in [0.5, 0.6) is 0 Å². The third-order valence-electron chi connectivity index (χ3n) is 4.02. The Morgan fingerprint density at radius 2 is 2.06 bits per heavy atom. The summed E-state index contributed by atoms with van der Waals surface area (Å²) in [6.45, 7) is 4.84. The van der Waals surface area contributed by atoms with Crippen molar-refractivity contribution in [3.05, 3.63) is 0 Å². The molecule has 2 rings (SSSR count). The molecule has 2 saturated heterocycles. The fourth-order valence-corrected chi connectivity index (χ4v) is 3.04. The minimum absolute atomic E-state index is 0.0277. The van der Waals surface area contributed by atoms with Crippen molar-refractivity contribution in [3.63, 3.8) is 0 Å². The van der Waals surface area contributed by atoms with Crippen LogP contribution >= 0.6 is 0 Å². The second kappa shape index (κ2) is 5.26. The highest BCUT2D eigenvalue weighted by Gasteiger charge is 2.41. The Labute approximate surface area is 107 Å². The van der Waals surface area contributed by atoms with E-state index in [1.54, 1.807) is 4.90 Å². The van der Waals surface area contributed by atoms with Crippen LogP contribution in [0.15, 0.2) is 0 Å². The van der Waals surface area contributed by atoms with Crippen LogP contribution in [-0.2, 0) is 14.3 Å². The monoisotopic (exact) mass is 255 g/mol. The molecule has 1 N–H and O–H groups in total. The zero-order valence-corrected chi connectivity index (χ0v) is 11.0. The molecule has 5 nitrogen and oxygen atoms in total. The van der Waals surface area contributed by atoms with Gasteiger partial charge in [-0.1, -0.05) is 6.92 Å². The molecule has 0 aromatic carbocycles. The Bertz CT molecular complexity index is 344. The molecule has 2 heterocycles. The Morgan fingerprint density at radius 1 is 1.33 bits per heavy atom. The van der Waals surface area contributed by atoms with Crippen LogP contribution in [0, 0.1) is 11.8 Å². The van der Waals surface area contributed by atoms with Gasteiger partial charge in [0.1, 0.15) is 6.04 Å². The van der Waals surface area contributed by atoms with Gasteiger partial charge in [-0.25, -0.2) is 4.79 Å². The molecule has 18 heavy (non-hydrogen) atoms. The first kappa shape index (κ1) is 13.3. The van der Waals surface area contributed by atoms with Crippen molar-refractivity contribution in [1.29, 1.82) is 0 Å². The van der Waals surface area contributed by atoms with Crippen LogP contribution in [0.4, 0.5) is 0 Å². The van der Waals surface area contributed by atoms with Gasteiger partial charge in [0.15, 0.2) is 0 Å². The van der Waals surface area contributed by atoms with Crippen LogP contribution in [0.3, 0.4) is 0 Å². The Hall–Kier alpha value is -1.10. The van der Waals surface area contributed by atoms with Crippen LogP contribution in [0.1, 0.15) is 33.1 Å². The van der Waals surface area contributed by atoms with E-state index in [0.717, 1.165) is 12.8 Å². The van der Waals surface area contributed by atoms with Gasteiger partial charge in [-0.05, 0) is 32.1 Å². The van der Waals surface area contributed by atoms with E-state index >= 15 is 0 Å². The summed E-state index contributed by atoms with van der Waals surface area (Å²) in [5, 5.41) is 9.30. The van der Waals surface area contributed by atoms with E-state index < -0.39 is 12.0 Å². The van der Waals surface area contributed by atoms with Crippen LogP contribution in [-0.4, -0.2) is 47.2 Å². The van der Waals surface area contributed by atoms with Gasteiger partial charge >= 0.3 is 5.97 Å². The number of carboxylic acids is 1. The highest BCUT2D eigenvalue weighted by molar-refractivity contribution is 5.85. The minimum atomic E-state index is -0.887. The predicted molar refractivity (Wildman–Crippen MR) is 65.1 cm³/mol. The number of rotatable bonds is 2. The quantitative estimate of drug-likeness (QED) is 0.803. The summed E-state index contributed by atoms with van der Waals surface area (Å²) < 4.78 is 5.41. The largest absolute Gasteiger partial charge is 0.480 e. The van der Waals surface area contributed by atoms with Crippen molar-refractivity contribution >= 4 is 11.9 Å². The molecular formula is C13H21NO4. The van der Waals surface area contributed by atoms with E-state index in [4.69, 9.17) is 4.74 Å². The number of carboxylic acid groups (broad SMARTS) is 1. The fourth-order valence-electron chi connectivity index (χ4n) is 3.04. The second-order valence-electron chi connectivity index (χ2n) is 5.51. The van der Waals surface area contributed by atoms with Crippen LogP contribution in [0.2, 0.25) is 0 Å². The molecule has 5 heteroatoms. The molecule has 4 unspecified atom stereocenters. The van der Waals surface area contributed by atoms with E-state index in [9.17, 15) is 14.7 Å². The van der Waals surface area contributed by atoms with Crippen molar-refractivity contribution in [3.8, 4) is 0 Å². The number of nitrogens with zero attached hydrogens (tertiary/aromatic N) is 1. The van der Waals surface area contributed by atoms with Crippen LogP contribution < -0.4 is 0 Å². The maximum atomic E-state index is 12.4. The number of aliphatic carboxylic acids is 1. The molecule has 0 spiro atoms.